The lowest BCUT2D eigenvalue weighted by Crippen LogP contribution is -2.16. The summed E-state index contributed by atoms with van der Waals surface area (Å²) >= 11 is 3.13. The highest BCUT2D eigenvalue weighted by Gasteiger charge is 2.13. The number of carbonyl (C=O) groups excluding carboxylic acids is 2. The SMILES string of the molecule is NC(=O)CCOc1ccccc1NC(=O)c1ccc(Br)o1. The van der Waals surface area contributed by atoms with Crippen LogP contribution in [0.15, 0.2) is 45.5 Å². The van der Waals surface area contributed by atoms with Gasteiger partial charge in [0.2, 0.25) is 5.91 Å². The fourth-order valence-corrected chi connectivity index (χ4v) is 1.88. The molecular weight excluding hydrogens is 340 g/mol. The Morgan fingerprint density at radius 2 is 2.00 bits per heavy atom. The Morgan fingerprint density at radius 1 is 1.24 bits per heavy atom. The molecule has 0 aliphatic carbocycles. The molecule has 6 nitrogen and oxygen atoms in total. The van der Waals surface area contributed by atoms with E-state index in [0.29, 0.717) is 16.1 Å². The van der Waals surface area contributed by atoms with Gasteiger partial charge >= 0.3 is 0 Å². The molecule has 1 heterocycles. The van der Waals surface area contributed by atoms with Gasteiger partial charge in [0.1, 0.15) is 5.75 Å². The van der Waals surface area contributed by atoms with Gasteiger partial charge < -0.3 is 20.2 Å². The molecule has 0 atom stereocenters. The van der Waals surface area contributed by atoms with Crippen molar-refractivity contribution in [3.05, 3.63) is 46.8 Å². The van der Waals surface area contributed by atoms with Gasteiger partial charge in [0.05, 0.1) is 18.7 Å². The van der Waals surface area contributed by atoms with E-state index in [9.17, 15) is 9.59 Å². The number of carbonyl (C=O) groups is 2. The number of amides is 2. The van der Waals surface area contributed by atoms with E-state index in [-0.39, 0.29) is 18.8 Å². The quantitative estimate of drug-likeness (QED) is 0.834. The van der Waals surface area contributed by atoms with E-state index < -0.39 is 11.8 Å². The minimum absolute atomic E-state index is 0.105. The van der Waals surface area contributed by atoms with Crippen molar-refractivity contribution in [1.82, 2.24) is 0 Å². The molecule has 1 aromatic carbocycles. The number of primary amides is 1. The van der Waals surface area contributed by atoms with Crippen LogP contribution in [0.4, 0.5) is 5.69 Å². The number of ether oxygens (including phenoxy) is 1. The molecule has 0 saturated heterocycles. The molecule has 2 rings (SSSR count). The Morgan fingerprint density at radius 3 is 2.67 bits per heavy atom. The largest absolute Gasteiger partial charge is 0.491 e. The molecule has 0 aliphatic rings. The van der Waals surface area contributed by atoms with Crippen molar-refractivity contribution >= 4 is 33.4 Å². The van der Waals surface area contributed by atoms with Gasteiger partial charge in [-0.3, -0.25) is 9.59 Å². The van der Waals surface area contributed by atoms with E-state index in [1.807, 2.05) is 0 Å². The molecule has 3 N–H and O–H groups in total. The number of hydrogen-bond acceptors (Lipinski definition) is 4. The fraction of sp³-hybridized carbons (Fsp3) is 0.143. The molecule has 0 saturated carbocycles. The van der Waals surface area contributed by atoms with Crippen LogP contribution >= 0.6 is 15.9 Å². The lowest BCUT2D eigenvalue weighted by molar-refractivity contribution is -0.118. The zero-order chi connectivity index (χ0) is 15.2. The molecule has 0 spiro atoms. The molecule has 0 radical (unpaired) electrons. The lowest BCUT2D eigenvalue weighted by Gasteiger charge is -2.11. The first-order valence-electron chi connectivity index (χ1n) is 6.13. The number of anilines is 1. The molecule has 2 amide bonds. The highest BCUT2D eigenvalue weighted by atomic mass is 79.9. The third-order valence-electron chi connectivity index (χ3n) is 2.54. The van der Waals surface area contributed by atoms with Crippen LogP contribution in [0.2, 0.25) is 0 Å². The zero-order valence-corrected chi connectivity index (χ0v) is 12.6. The van der Waals surface area contributed by atoms with Crippen molar-refractivity contribution in [2.24, 2.45) is 5.73 Å². The fourth-order valence-electron chi connectivity index (χ4n) is 1.58. The summed E-state index contributed by atoms with van der Waals surface area (Å²) in [6, 6.07) is 10.1. The maximum absolute atomic E-state index is 12.0. The van der Waals surface area contributed by atoms with Crippen LogP contribution in [0, 0.1) is 0 Å². The summed E-state index contributed by atoms with van der Waals surface area (Å²) in [7, 11) is 0. The number of benzene rings is 1. The number of nitrogens with two attached hydrogens (primary N) is 1. The van der Waals surface area contributed by atoms with Gasteiger partial charge in [0.25, 0.3) is 5.91 Å². The van der Waals surface area contributed by atoms with E-state index >= 15 is 0 Å². The van der Waals surface area contributed by atoms with Crippen LogP contribution in [0.25, 0.3) is 0 Å². The van der Waals surface area contributed by atoms with Gasteiger partial charge in [0, 0.05) is 0 Å². The van der Waals surface area contributed by atoms with Gasteiger partial charge in [-0.25, -0.2) is 0 Å². The maximum Gasteiger partial charge on any atom is 0.291 e. The smallest absolute Gasteiger partial charge is 0.291 e. The summed E-state index contributed by atoms with van der Waals surface area (Å²) in [6.45, 7) is 0.147. The topological polar surface area (TPSA) is 94.6 Å². The molecule has 0 unspecified atom stereocenters. The van der Waals surface area contributed by atoms with Crippen molar-refractivity contribution < 1.29 is 18.7 Å². The summed E-state index contributed by atoms with van der Waals surface area (Å²) in [5, 5.41) is 2.68. The van der Waals surface area contributed by atoms with Crippen LogP contribution in [0.5, 0.6) is 5.75 Å². The standard InChI is InChI=1S/C14H13BrN2O4/c15-12-6-5-11(21-12)14(19)17-9-3-1-2-4-10(9)20-8-7-13(16)18/h1-6H,7-8H2,(H2,16,18)(H,17,19). The van der Waals surface area contributed by atoms with Crippen LogP contribution < -0.4 is 15.8 Å². The molecule has 7 heteroatoms. The molecule has 110 valence electrons. The van der Waals surface area contributed by atoms with Gasteiger partial charge in [-0.1, -0.05) is 12.1 Å². The Hall–Kier alpha value is -2.28. The predicted molar refractivity (Wildman–Crippen MR) is 80.1 cm³/mol. The van der Waals surface area contributed by atoms with Crippen LogP contribution in [0.3, 0.4) is 0 Å². The lowest BCUT2D eigenvalue weighted by atomic mass is 10.3. The monoisotopic (exact) mass is 352 g/mol. The minimum Gasteiger partial charge on any atom is -0.491 e. The Balaban J connectivity index is 2.05. The average molecular weight is 353 g/mol. The van der Waals surface area contributed by atoms with Crippen molar-refractivity contribution in [2.45, 2.75) is 6.42 Å². The van der Waals surface area contributed by atoms with Crippen LogP contribution in [-0.2, 0) is 4.79 Å². The van der Waals surface area contributed by atoms with E-state index in [2.05, 4.69) is 21.2 Å². The second-order valence-electron chi connectivity index (χ2n) is 4.12. The van der Waals surface area contributed by atoms with Crippen molar-refractivity contribution in [3.8, 4) is 5.75 Å². The first kappa shape index (κ1) is 15.1. The van der Waals surface area contributed by atoms with Crippen molar-refractivity contribution in [1.29, 1.82) is 0 Å². The molecule has 1 aromatic heterocycles. The number of furan rings is 1. The third kappa shape index (κ3) is 4.35. The van der Waals surface area contributed by atoms with E-state index in [4.69, 9.17) is 14.9 Å². The first-order chi connectivity index (χ1) is 10.1. The van der Waals surface area contributed by atoms with E-state index in [1.54, 1.807) is 36.4 Å². The van der Waals surface area contributed by atoms with Gasteiger partial charge in [-0.2, -0.15) is 0 Å². The summed E-state index contributed by atoms with van der Waals surface area (Å²) in [4.78, 5) is 22.7. The Bertz CT molecular complexity index is 654. The van der Waals surface area contributed by atoms with Gasteiger partial charge in [-0.15, -0.1) is 0 Å². The highest BCUT2D eigenvalue weighted by Crippen LogP contribution is 2.25. The average Bonchev–Trinajstić information content (AvgIpc) is 2.87. The maximum atomic E-state index is 12.0. The third-order valence-corrected chi connectivity index (χ3v) is 2.96. The molecular formula is C14H13BrN2O4. The molecule has 0 fully saturated rings. The number of para-hydroxylation sites is 2. The van der Waals surface area contributed by atoms with Crippen LogP contribution in [-0.4, -0.2) is 18.4 Å². The summed E-state index contributed by atoms with van der Waals surface area (Å²) in [5.74, 6) is -0.213. The summed E-state index contributed by atoms with van der Waals surface area (Å²) < 4.78 is 11.1. The normalized spacial score (nSPS) is 10.1. The zero-order valence-electron chi connectivity index (χ0n) is 11.0. The Kier molecular flexibility index (Phi) is 4.99. The second-order valence-corrected chi connectivity index (χ2v) is 4.90. The van der Waals surface area contributed by atoms with E-state index in [1.165, 1.54) is 0 Å². The number of halogens is 1. The predicted octanol–water partition coefficient (Wildman–Crippen LogP) is 2.55. The Labute approximate surface area is 129 Å². The first-order valence-corrected chi connectivity index (χ1v) is 6.92. The number of nitrogens with one attached hydrogen (secondary N) is 1. The van der Waals surface area contributed by atoms with E-state index in [0.717, 1.165) is 0 Å². The number of rotatable bonds is 6. The molecule has 0 bridgehead atoms. The highest BCUT2D eigenvalue weighted by molar-refractivity contribution is 9.10. The second kappa shape index (κ2) is 6.94. The van der Waals surface area contributed by atoms with Crippen molar-refractivity contribution in [2.75, 3.05) is 11.9 Å². The molecule has 21 heavy (non-hydrogen) atoms. The summed E-state index contributed by atoms with van der Waals surface area (Å²) in [6.07, 6.45) is 0.105. The van der Waals surface area contributed by atoms with Gasteiger partial charge in [0.15, 0.2) is 10.4 Å². The summed E-state index contributed by atoms with van der Waals surface area (Å²) in [5.41, 5.74) is 5.53. The van der Waals surface area contributed by atoms with Crippen LogP contribution in [0.1, 0.15) is 17.0 Å². The minimum atomic E-state index is -0.447. The van der Waals surface area contributed by atoms with Crippen molar-refractivity contribution in [3.63, 3.8) is 0 Å². The molecule has 0 aliphatic heterocycles. The van der Waals surface area contributed by atoms with Gasteiger partial charge in [-0.05, 0) is 40.2 Å². The number of hydrogen-bond donors (Lipinski definition) is 2. The molecule has 2 aromatic rings.